The van der Waals surface area contributed by atoms with Crippen LogP contribution in [-0.4, -0.2) is 47.1 Å². The van der Waals surface area contributed by atoms with E-state index in [1.807, 2.05) is 6.92 Å². The van der Waals surface area contributed by atoms with Crippen molar-refractivity contribution in [1.82, 2.24) is 10.2 Å². The van der Waals surface area contributed by atoms with Crippen molar-refractivity contribution >= 4 is 11.9 Å². The molecule has 5 nitrogen and oxygen atoms in total. The minimum Gasteiger partial charge on any atom is -0.481 e. The molecule has 0 spiro atoms. The summed E-state index contributed by atoms with van der Waals surface area (Å²) in [5, 5.41) is 13.4. The third kappa shape index (κ3) is 5.52. The van der Waals surface area contributed by atoms with E-state index in [-0.39, 0.29) is 11.9 Å². The molecule has 2 saturated carbocycles. The summed E-state index contributed by atoms with van der Waals surface area (Å²) >= 11 is 0. The fourth-order valence-electron chi connectivity index (χ4n) is 7.65. The number of hydrogen-bond acceptors (Lipinski definition) is 3. The molecule has 0 aromatic heterocycles. The lowest BCUT2D eigenvalue weighted by molar-refractivity contribution is -0.154. The first kappa shape index (κ1) is 27.9. The third-order valence-corrected chi connectivity index (χ3v) is 10.4. The van der Waals surface area contributed by atoms with Crippen molar-refractivity contribution in [2.45, 2.75) is 108 Å². The van der Waals surface area contributed by atoms with E-state index >= 15 is 0 Å². The fraction of sp³-hybridized carbons (Fsp3) is 0.588. The highest BCUT2D eigenvalue weighted by molar-refractivity contribution is 5.90. The zero-order valence-corrected chi connectivity index (χ0v) is 23.9. The number of carboxylic acid groups (broad SMARTS) is 1. The lowest BCUT2D eigenvalue weighted by Gasteiger charge is -2.42. The van der Waals surface area contributed by atoms with Crippen LogP contribution in [0.15, 0.2) is 48.5 Å². The number of likely N-dealkylation sites (tertiary alicyclic amines) is 1. The van der Waals surface area contributed by atoms with Crippen LogP contribution in [-0.2, 0) is 21.4 Å². The Balaban J connectivity index is 1.29. The number of carboxylic acids is 1. The summed E-state index contributed by atoms with van der Waals surface area (Å²) in [6.07, 6.45) is 11.2. The Morgan fingerprint density at radius 1 is 0.897 bits per heavy atom. The first-order valence-corrected chi connectivity index (χ1v) is 15.4. The maximum absolute atomic E-state index is 13.9. The summed E-state index contributed by atoms with van der Waals surface area (Å²) < 4.78 is 0. The average Bonchev–Trinajstić information content (AvgIpc) is 3.62. The van der Waals surface area contributed by atoms with E-state index in [4.69, 9.17) is 0 Å². The van der Waals surface area contributed by atoms with Gasteiger partial charge in [0.2, 0.25) is 5.91 Å². The molecule has 2 aliphatic carbocycles. The standard InChI is InChI=1S/C34H46N2O3/c1-3-33(32(38)39)20-5-4-10-30(33)35-31(37)34(21-6-7-22-34)29-17-15-28(16-18-29)27-13-11-26(12-14-27)19-24-36-23-8-9-25(36)2/h11-18,25,30H,3-10,19-24H2,1-2H3,(H,35,37)(H,38,39)/t25-,30-,33-/m1/s1. The second-order valence-corrected chi connectivity index (χ2v) is 12.4. The molecule has 210 valence electrons. The van der Waals surface area contributed by atoms with Crippen molar-refractivity contribution in [2.75, 3.05) is 13.1 Å². The van der Waals surface area contributed by atoms with Crippen molar-refractivity contribution in [2.24, 2.45) is 5.41 Å². The number of nitrogens with zero attached hydrogens (tertiary/aromatic N) is 1. The van der Waals surface area contributed by atoms with Crippen molar-refractivity contribution in [3.05, 3.63) is 59.7 Å². The molecule has 3 atom stereocenters. The van der Waals surface area contributed by atoms with Crippen LogP contribution >= 0.6 is 0 Å². The molecular weight excluding hydrogens is 484 g/mol. The van der Waals surface area contributed by atoms with Gasteiger partial charge in [0.15, 0.2) is 0 Å². The first-order valence-electron chi connectivity index (χ1n) is 15.4. The number of hydrogen-bond donors (Lipinski definition) is 2. The largest absolute Gasteiger partial charge is 0.481 e. The van der Waals surface area contributed by atoms with Gasteiger partial charge in [0.25, 0.3) is 0 Å². The van der Waals surface area contributed by atoms with Crippen LogP contribution < -0.4 is 5.32 Å². The summed E-state index contributed by atoms with van der Waals surface area (Å²) in [6, 6.07) is 17.9. The van der Waals surface area contributed by atoms with Crippen LogP contribution in [0.2, 0.25) is 0 Å². The second kappa shape index (κ2) is 11.8. The number of carbonyl (C=O) groups is 2. The van der Waals surface area contributed by atoms with E-state index in [2.05, 4.69) is 65.7 Å². The molecular formula is C34H46N2O3. The van der Waals surface area contributed by atoms with E-state index < -0.39 is 16.8 Å². The Morgan fingerprint density at radius 3 is 2.13 bits per heavy atom. The molecule has 2 N–H and O–H groups in total. The molecule has 2 aromatic carbocycles. The maximum Gasteiger partial charge on any atom is 0.311 e. The lowest BCUT2D eigenvalue weighted by atomic mass is 9.67. The van der Waals surface area contributed by atoms with Crippen molar-refractivity contribution in [1.29, 1.82) is 0 Å². The molecule has 3 fully saturated rings. The summed E-state index contributed by atoms with van der Waals surface area (Å²) in [6.45, 7) is 6.64. The van der Waals surface area contributed by atoms with Crippen LogP contribution in [0.5, 0.6) is 0 Å². The monoisotopic (exact) mass is 530 g/mol. The van der Waals surface area contributed by atoms with Gasteiger partial charge in [-0.15, -0.1) is 0 Å². The van der Waals surface area contributed by atoms with Crippen LogP contribution in [0, 0.1) is 5.41 Å². The molecule has 1 aliphatic heterocycles. The molecule has 5 rings (SSSR count). The molecule has 1 saturated heterocycles. The van der Waals surface area contributed by atoms with Gasteiger partial charge in [0.05, 0.1) is 10.8 Å². The number of benzene rings is 2. The molecule has 0 bridgehead atoms. The molecule has 1 amide bonds. The number of carbonyl (C=O) groups excluding carboxylic acids is 1. The molecule has 3 aliphatic rings. The molecule has 5 heteroatoms. The minimum absolute atomic E-state index is 0.0235. The summed E-state index contributed by atoms with van der Waals surface area (Å²) in [4.78, 5) is 28.8. The number of amides is 1. The highest BCUT2D eigenvalue weighted by Gasteiger charge is 2.50. The predicted octanol–water partition coefficient (Wildman–Crippen LogP) is 6.73. The SMILES string of the molecule is CC[C@@]1(C(=O)O)CCCC[C@H]1NC(=O)C1(c2ccc(-c3ccc(CCN4CCC[C@H]4C)cc3)cc2)CCCC1. The number of rotatable bonds is 9. The molecule has 0 radical (unpaired) electrons. The smallest absolute Gasteiger partial charge is 0.311 e. The molecule has 39 heavy (non-hydrogen) atoms. The highest BCUT2D eigenvalue weighted by Crippen LogP contribution is 2.44. The molecule has 1 heterocycles. The van der Waals surface area contributed by atoms with E-state index in [1.165, 1.54) is 30.5 Å². The Hall–Kier alpha value is -2.66. The summed E-state index contributed by atoms with van der Waals surface area (Å²) in [5.74, 6) is -0.744. The van der Waals surface area contributed by atoms with Crippen LogP contribution in [0.1, 0.15) is 95.6 Å². The van der Waals surface area contributed by atoms with Gasteiger partial charge in [-0.2, -0.15) is 0 Å². The topological polar surface area (TPSA) is 69.6 Å². The number of aliphatic carboxylic acids is 1. The predicted molar refractivity (Wildman–Crippen MR) is 157 cm³/mol. The van der Waals surface area contributed by atoms with Gasteiger partial charge in [-0.25, -0.2) is 0 Å². The first-order chi connectivity index (χ1) is 18.9. The number of nitrogens with one attached hydrogen (secondary N) is 1. The second-order valence-electron chi connectivity index (χ2n) is 12.4. The van der Waals surface area contributed by atoms with Crippen molar-refractivity contribution in [3.63, 3.8) is 0 Å². The van der Waals surface area contributed by atoms with Gasteiger partial charge >= 0.3 is 5.97 Å². The quantitative estimate of drug-likeness (QED) is 0.377. The normalized spacial score (nSPS) is 26.9. The van der Waals surface area contributed by atoms with Crippen molar-refractivity contribution in [3.8, 4) is 11.1 Å². The van der Waals surface area contributed by atoms with Gasteiger partial charge in [-0.1, -0.05) is 81.1 Å². The summed E-state index contributed by atoms with van der Waals surface area (Å²) in [5.41, 5.74) is 3.38. The van der Waals surface area contributed by atoms with Crippen LogP contribution in [0.3, 0.4) is 0 Å². The van der Waals surface area contributed by atoms with Crippen LogP contribution in [0.25, 0.3) is 11.1 Å². The lowest BCUT2D eigenvalue weighted by Crippen LogP contribution is -2.57. The minimum atomic E-state index is -0.851. The fourth-order valence-corrected chi connectivity index (χ4v) is 7.65. The zero-order valence-electron chi connectivity index (χ0n) is 23.9. The average molecular weight is 531 g/mol. The Bertz CT molecular complexity index is 1140. The van der Waals surface area contributed by atoms with Crippen LogP contribution in [0.4, 0.5) is 0 Å². The zero-order chi connectivity index (χ0) is 27.5. The maximum atomic E-state index is 13.9. The van der Waals surface area contributed by atoms with E-state index in [0.717, 1.165) is 69.0 Å². The summed E-state index contributed by atoms with van der Waals surface area (Å²) in [7, 11) is 0. The third-order valence-electron chi connectivity index (χ3n) is 10.4. The van der Waals surface area contributed by atoms with E-state index in [9.17, 15) is 14.7 Å². The Labute approximate surface area is 234 Å². The van der Waals surface area contributed by atoms with Gasteiger partial charge in [0, 0.05) is 18.6 Å². The molecule has 2 aromatic rings. The Kier molecular flexibility index (Phi) is 8.46. The van der Waals surface area contributed by atoms with E-state index in [0.29, 0.717) is 18.9 Å². The molecule has 0 unspecified atom stereocenters. The van der Waals surface area contributed by atoms with Gasteiger partial charge in [-0.05, 0) is 87.1 Å². The van der Waals surface area contributed by atoms with Gasteiger partial charge in [-0.3, -0.25) is 9.59 Å². The van der Waals surface area contributed by atoms with Gasteiger partial charge < -0.3 is 15.3 Å². The van der Waals surface area contributed by atoms with Crippen molar-refractivity contribution < 1.29 is 14.7 Å². The highest BCUT2D eigenvalue weighted by atomic mass is 16.4. The van der Waals surface area contributed by atoms with E-state index in [1.54, 1.807) is 0 Å². The Morgan fingerprint density at radius 2 is 1.54 bits per heavy atom. The van der Waals surface area contributed by atoms with Gasteiger partial charge in [0.1, 0.15) is 0 Å².